The van der Waals surface area contributed by atoms with Gasteiger partial charge in [-0.3, -0.25) is 0 Å². The van der Waals surface area contributed by atoms with E-state index in [2.05, 4.69) is 21.2 Å². The number of methoxy groups -OCH3 is 1. The summed E-state index contributed by atoms with van der Waals surface area (Å²) in [7, 11) is 1.59. The van der Waals surface area contributed by atoms with E-state index < -0.39 is 0 Å². The minimum Gasteiger partial charge on any atom is -0.504 e. The lowest BCUT2D eigenvalue weighted by Crippen LogP contribution is -2.28. The minimum absolute atomic E-state index is 0.205. The third-order valence-electron chi connectivity index (χ3n) is 3.68. The van der Waals surface area contributed by atoms with E-state index in [0.717, 1.165) is 35.5 Å². The molecule has 0 amide bonds. The predicted octanol–water partition coefficient (Wildman–Crippen LogP) is 3.01. The molecule has 0 aliphatic carbocycles. The van der Waals surface area contributed by atoms with E-state index in [9.17, 15) is 5.11 Å². The van der Waals surface area contributed by atoms with Crippen LogP contribution in [-0.2, 0) is 6.42 Å². The molecule has 0 bridgehead atoms. The van der Waals surface area contributed by atoms with Crippen molar-refractivity contribution in [2.24, 2.45) is 5.92 Å². The summed E-state index contributed by atoms with van der Waals surface area (Å²) in [6, 6.07) is 1.79. The fourth-order valence-electron chi connectivity index (χ4n) is 2.60. The molecule has 1 saturated heterocycles. The second-order valence-corrected chi connectivity index (χ2v) is 5.73. The van der Waals surface area contributed by atoms with Gasteiger partial charge in [0.05, 0.1) is 11.6 Å². The Bertz CT molecular complexity index is 428. The number of nitrogens with one attached hydrogen (secondary N) is 1. The van der Waals surface area contributed by atoms with Crippen LogP contribution in [0.15, 0.2) is 10.5 Å². The number of piperidine rings is 1. The van der Waals surface area contributed by atoms with Gasteiger partial charge in [0.2, 0.25) is 0 Å². The standard InChI is InChI=1S/C14H20BrNO2/c1-9-7-12(17)14(18-2)13(15)11(9)8-10-3-5-16-6-4-10/h7,10,16-17H,3-6,8H2,1-2H3. The van der Waals surface area contributed by atoms with Crippen molar-refractivity contribution >= 4 is 15.9 Å². The molecule has 0 radical (unpaired) electrons. The first kappa shape index (κ1) is 13.7. The number of ether oxygens (including phenoxy) is 1. The molecule has 0 atom stereocenters. The number of phenols is 1. The number of halogens is 1. The molecule has 0 saturated carbocycles. The zero-order chi connectivity index (χ0) is 13.1. The van der Waals surface area contributed by atoms with Gasteiger partial charge in [-0.15, -0.1) is 0 Å². The number of benzene rings is 1. The summed E-state index contributed by atoms with van der Waals surface area (Å²) in [6.45, 7) is 4.26. The summed E-state index contributed by atoms with van der Waals surface area (Å²) in [4.78, 5) is 0. The summed E-state index contributed by atoms with van der Waals surface area (Å²) in [6.07, 6.45) is 3.48. The van der Waals surface area contributed by atoms with Crippen molar-refractivity contribution in [3.8, 4) is 11.5 Å². The van der Waals surface area contributed by atoms with Crippen molar-refractivity contribution in [1.82, 2.24) is 5.32 Å². The van der Waals surface area contributed by atoms with Crippen molar-refractivity contribution in [3.05, 3.63) is 21.7 Å². The monoisotopic (exact) mass is 313 g/mol. The molecule has 1 aliphatic rings. The van der Waals surface area contributed by atoms with Gasteiger partial charge in [0, 0.05) is 0 Å². The summed E-state index contributed by atoms with van der Waals surface area (Å²) < 4.78 is 6.16. The van der Waals surface area contributed by atoms with Gasteiger partial charge in [-0.05, 0) is 78.3 Å². The Morgan fingerprint density at radius 1 is 1.44 bits per heavy atom. The molecule has 3 nitrogen and oxygen atoms in total. The Kier molecular flexibility index (Phi) is 4.51. The highest BCUT2D eigenvalue weighted by atomic mass is 79.9. The van der Waals surface area contributed by atoms with Crippen molar-refractivity contribution in [1.29, 1.82) is 0 Å². The fourth-order valence-corrected chi connectivity index (χ4v) is 3.44. The van der Waals surface area contributed by atoms with Gasteiger partial charge in [0.1, 0.15) is 0 Å². The molecule has 1 aliphatic heterocycles. The van der Waals surface area contributed by atoms with Gasteiger partial charge in [-0.1, -0.05) is 0 Å². The van der Waals surface area contributed by atoms with E-state index in [1.54, 1.807) is 13.2 Å². The fraction of sp³-hybridized carbons (Fsp3) is 0.571. The van der Waals surface area contributed by atoms with E-state index in [1.807, 2.05) is 6.92 Å². The molecule has 0 spiro atoms. The summed E-state index contributed by atoms with van der Waals surface area (Å²) in [5.74, 6) is 1.47. The number of phenolic OH excluding ortho intramolecular Hbond substituents is 1. The highest BCUT2D eigenvalue weighted by Crippen LogP contribution is 2.40. The maximum atomic E-state index is 9.84. The Morgan fingerprint density at radius 2 is 2.11 bits per heavy atom. The van der Waals surface area contributed by atoms with E-state index in [-0.39, 0.29) is 5.75 Å². The smallest absolute Gasteiger partial charge is 0.174 e. The summed E-state index contributed by atoms with van der Waals surface area (Å²) >= 11 is 3.57. The van der Waals surface area contributed by atoms with Gasteiger partial charge in [0.25, 0.3) is 0 Å². The predicted molar refractivity (Wildman–Crippen MR) is 76.4 cm³/mol. The maximum Gasteiger partial charge on any atom is 0.174 e. The molecule has 18 heavy (non-hydrogen) atoms. The van der Waals surface area contributed by atoms with Crippen molar-refractivity contribution in [2.75, 3.05) is 20.2 Å². The molecular weight excluding hydrogens is 294 g/mol. The third kappa shape index (κ3) is 2.81. The lowest BCUT2D eigenvalue weighted by Gasteiger charge is -2.24. The molecule has 0 unspecified atom stereocenters. The molecule has 1 heterocycles. The summed E-state index contributed by atoms with van der Waals surface area (Å²) in [5.41, 5.74) is 2.38. The normalized spacial score (nSPS) is 16.8. The average molecular weight is 314 g/mol. The lowest BCUT2D eigenvalue weighted by molar-refractivity contribution is 0.361. The number of aromatic hydroxyl groups is 1. The Morgan fingerprint density at radius 3 is 2.72 bits per heavy atom. The van der Waals surface area contributed by atoms with Crippen molar-refractivity contribution < 1.29 is 9.84 Å². The minimum atomic E-state index is 0.205. The van der Waals surface area contributed by atoms with Gasteiger partial charge in [-0.2, -0.15) is 0 Å². The molecule has 2 rings (SSSR count). The number of hydrogen-bond acceptors (Lipinski definition) is 3. The van der Waals surface area contributed by atoms with Crippen LogP contribution < -0.4 is 10.1 Å². The summed E-state index contributed by atoms with van der Waals surface area (Å²) in [5, 5.41) is 13.2. The number of aryl methyl sites for hydroxylation is 1. The van der Waals surface area contributed by atoms with Crippen LogP contribution in [0.2, 0.25) is 0 Å². The maximum absolute atomic E-state index is 9.84. The van der Waals surface area contributed by atoms with Gasteiger partial charge >= 0.3 is 0 Å². The van der Waals surface area contributed by atoms with Crippen molar-refractivity contribution in [2.45, 2.75) is 26.2 Å². The number of rotatable bonds is 3. The van der Waals surface area contributed by atoms with E-state index in [0.29, 0.717) is 5.75 Å². The van der Waals surface area contributed by atoms with E-state index in [4.69, 9.17) is 4.74 Å². The molecular formula is C14H20BrNO2. The topological polar surface area (TPSA) is 41.5 Å². The first-order valence-corrected chi connectivity index (χ1v) is 7.18. The molecule has 0 aromatic heterocycles. The molecule has 1 aromatic carbocycles. The first-order valence-electron chi connectivity index (χ1n) is 6.39. The van der Waals surface area contributed by atoms with E-state index in [1.165, 1.54) is 18.4 Å². The molecule has 2 N–H and O–H groups in total. The Hall–Kier alpha value is -0.740. The second-order valence-electron chi connectivity index (χ2n) is 4.94. The molecule has 1 fully saturated rings. The molecule has 4 heteroatoms. The van der Waals surface area contributed by atoms with Crippen LogP contribution >= 0.6 is 15.9 Å². The molecule has 100 valence electrons. The SMILES string of the molecule is COc1c(O)cc(C)c(CC2CCNCC2)c1Br. The van der Waals surface area contributed by atoms with Crippen LogP contribution in [0.5, 0.6) is 11.5 Å². The Labute approximate surface area is 117 Å². The number of hydrogen-bond donors (Lipinski definition) is 2. The van der Waals surface area contributed by atoms with Crippen LogP contribution in [0.1, 0.15) is 24.0 Å². The highest BCUT2D eigenvalue weighted by molar-refractivity contribution is 9.10. The first-order chi connectivity index (χ1) is 8.63. The van der Waals surface area contributed by atoms with Crippen LogP contribution in [0.25, 0.3) is 0 Å². The van der Waals surface area contributed by atoms with Crippen LogP contribution in [0, 0.1) is 12.8 Å². The quantitative estimate of drug-likeness (QED) is 0.901. The van der Waals surface area contributed by atoms with E-state index >= 15 is 0 Å². The highest BCUT2D eigenvalue weighted by Gasteiger charge is 2.19. The second kappa shape index (κ2) is 5.93. The van der Waals surface area contributed by atoms with Crippen LogP contribution in [0.3, 0.4) is 0 Å². The molecule has 1 aromatic rings. The van der Waals surface area contributed by atoms with Crippen LogP contribution in [-0.4, -0.2) is 25.3 Å². The third-order valence-corrected chi connectivity index (χ3v) is 4.52. The average Bonchev–Trinajstić information content (AvgIpc) is 2.36. The van der Waals surface area contributed by atoms with Gasteiger partial charge in [-0.25, -0.2) is 0 Å². The van der Waals surface area contributed by atoms with Gasteiger partial charge in [0.15, 0.2) is 11.5 Å². The lowest BCUT2D eigenvalue weighted by atomic mass is 9.89. The van der Waals surface area contributed by atoms with Crippen LogP contribution in [0.4, 0.5) is 0 Å². The zero-order valence-corrected chi connectivity index (χ0v) is 12.5. The zero-order valence-electron chi connectivity index (χ0n) is 10.9. The largest absolute Gasteiger partial charge is 0.504 e. The van der Waals surface area contributed by atoms with Crippen molar-refractivity contribution in [3.63, 3.8) is 0 Å². The Balaban J connectivity index is 2.26. The van der Waals surface area contributed by atoms with Gasteiger partial charge < -0.3 is 15.2 Å².